The van der Waals surface area contributed by atoms with Gasteiger partial charge in [-0.3, -0.25) is 19.0 Å². The number of methoxy groups -OCH3 is 1. The van der Waals surface area contributed by atoms with E-state index in [-0.39, 0.29) is 36.9 Å². The molecule has 8 heteroatoms. The highest BCUT2D eigenvalue weighted by molar-refractivity contribution is 5.91. The van der Waals surface area contributed by atoms with E-state index in [1.54, 1.807) is 55.6 Å². The molecule has 0 bridgehead atoms. The number of amides is 2. The van der Waals surface area contributed by atoms with Gasteiger partial charge in [0.1, 0.15) is 12.3 Å². The van der Waals surface area contributed by atoms with E-state index in [2.05, 4.69) is 15.6 Å². The molecule has 0 spiro atoms. The van der Waals surface area contributed by atoms with Crippen LogP contribution in [0.1, 0.15) is 6.42 Å². The number of rotatable bonds is 7. The second kappa shape index (κ2) is 8.81. The van der Waals surface area contributed by atoms with Crippen molar-refractivity contribution in [2.75, 3.05) is 19.0 Å². The van der Waals surface area contributed by atoms with Gasteiger partial charge >= 0.3 is 0 Å². The molecule has 0 unspecified atom stereocenters. The normalized spacial score (nSPS) is 10.5. The molecule has 1 heterocycles. The van der Waals surface area contributed by atoms with Crippen molar-refractivity contribution in [3.63, 3.8) is 0 Å². The van der Waals surface area contributed by atoms with Crippen LogP contribution in [0.5, 0.6) is 5.75 Å². The van der Waals surface area contributed by atoms with Crippen LogP contribution in [0.15, 0.2) is 59.7 Å². The number of aromatic nitrogens is 2. The van der Waals surface area contributed by atoms with Gasteiger partial charge in [-0.15, -0.1) is 0 Å². The molecule has 3 aromatic rings. The van der Waals surface area contributed by atoms with Gasteiger partial charge in [-0.2, -0.15) is 0 Å². The number of benzene rings is 2. The summed E-state index contributed by atoms with van der Waals surface area (Å²) in [5.41, 5.74) is 0.916. The highest BCUT2D eigenvalue weighted by Crippen LogP contribution is 2.16. The molecule has 0 atom stereocenters. The zero-order valence-corrected chi connectivity index (χ0v) is 15.3. The molecule has 0 aliphatic heterocycles. The van der Waals surface area contributed by atoms with Crippen LogP contribution in [-0.4, -0.2) is 35.0 Å². The number of carbonyl (C=O) groups is 2. The number of nitrogens with one attached hydrogen (secondary N) is 2. The molecule has 2 N–H and O–H groups in total. The summed E-state index contributed by atoms with van der Waals surface area (Å²) in [4.78, 5) is 40.6. The maximum Gasteiger partial charge on any atom is 0.261 e. The molecule has 3 rings (SSSR count). The van der Waals surface area contributed by atoms with Crippen molar-refractivity contribution in [1.29, 1.82) is 0 Å². The summed E-state index contributed by atoms with van der Waals surface area (Å²) < 4.78 is 6.34. The molecule has 0 fully saturated rings. The number of nitrogens with zero attached hydrogens (tertiary/aromatic N) is 2. The molecular weight excluding hydrogens is 360 g/mol. The molecular formula is C20H20N4O4. The Kier molecular flexibility index (Phi) is 6.01. The lowest BCUT2D eigenvalue weighted by Crippen LogP contribution is -2.34. The van der Waals surface area contributed by atoms with E-state index >= 15 is 0 Å². The largest absolute Gasteiger partial charge is 0.497 e. The van der Waals surface area contributed by atoms with Gasteiger partial charge in [0, 0.05) is 24.7 Å². The van der Waals surface area contributed by atoms with Gasteiger partial charge in [0.05, 0.1) is 24.3 Å². The van der Waals surface area contributed by atoms with E-state index in [9.17, 15) is 14.4 Å². The number of hydrogen-bond acceptors (Lipinski definition) is 5. The zero-order chi connectivity index (χ0) is 19.9. The maximum atomic E-state index is 12.4. The van der Waals surface area contributed by atoms with Crippen LogP contribution < -0.4 is 20.9 Å². The third kappa shape index (κ3) is 4.73. The summed E-state index contributed by atoms with van der Waals surface area (Å²) in [7, 11) is 1.55. The minimum absolute atomic E-state index is 0.105. The van der Waals surface area contributed by atoms with E-state index in [1.807, 2.05) is 0 Å². The molecule has 1 aromatic heterocycles. The molecule has 8 nitrogen and oxygen atoms in total. The van der Waals surface area contributed by atoms with Gasteiger partial charge in [0.15, 0.2) is 0 Å². The number of carbonyl (C=O) groups excluding carboxylic acids is 2. The summed E-state index contributed by atoms with van der Waals surface area (Å²) in [6.07, 6.45) is 1.45. The highest BCUT2D eigenvalue weighted by atomic mass is 16.5. The summed E-state index contributed by atoms with van der Waals surface area (Å²) in [6, 6.07) is 13.9. The van der Waals surface area contributed by atoms with Crippen molar-refractivity contribution in [3.05, 3.63) is 65.2 Å². The van der Waals surface area contributed by atoms with Gasteiger partial charge in [0.25, 0.3) is 5.56 Å². The van der Waals surface area contributed by atoms with E-state index in [0.29, 0.717) is 22.3 Å². The highest BCUT2D eigenvalue weighted by Gasteiger charge is 2.09. The van der Waals surface area contributed by atoms with Gasteiger partial charge < -0.3 is 15.4 Å². The van der Waals surface area contributed by atoms with Gasteiger partial charge in [0.2, 0.25) is 11.8 Å². The predicted octanol–water partition coefficient (Wildman–Crippen LogP) is 1.55. The van der Waals surface area contributed by atoms with Crippen molar-refractivity contribution in [2.24, 2.45) is 0 Å². The Labute approximate surface area is 161 Å². The van der Waals surface area contributed by atoms with Crippen LogP contribution in [0.3, 0.4) is 0 Å². The first-order valence-electron chi connectivity index (χ1n) is 8.71. The smallest absolute Gasteiger partial charge is 0.261 e. The molecule has 0 aliphatic carbocycles. The van der Waals surface area contributed by atoms with Crippen molar-refractivity contribution >= 4 is 28.4 Å². The fourth-order valence-electron chi connectivity index (χ4n) is 2.67. The van der Waals surface area contributed by atoms with Crippen molar-refractivity contribution < 1.29 is 14.3 Å². The van der Waals surface area contributed by atoms with Crippen LogP contribution in [0.2, 0.25) is 0 Å². The average Bonchev–Trinajstić information content (AvgIpc) is 2.70. The first kappa shape index (κ1) is 19.1. The minimum Gasteiger partial charge on any atom is -0.497 e. The molecule has 144 valence electrons. The van der Waals surface area contributed by atoms with Crippen molar-refractivity contribution in [2.45, 2.75) is 13.0 Å². The Hall–Kier alpha value is -3.68. The first-order chi connectivity index (χ1) is 13.6. The topological polar surface area (TPSA) is 102 Å². The van der Waals surface area contributed by atoms with Crippen LogP contribution >= 0.6 is 0 Å². The monoisotopic (exact) mass is 380 g/mol. The molecule has 28 heavy (non-hydrogen) atoms. The summed E-state index contributed by atoms with van der Waals surface area (Å²) in [5, 5.41) is 5.82. The van der Waals surface area contributed by atoms with E-state index in [0.717, 1.165) is 0 Å². The summed E-state index contributed by atoms with van der Waals surface area (Å²) >= 11 is 0. The van der Waals surface area contributed by atoms with Gasteiger partial charge in [-0.05, 0) is 24.3 Å². The predicted molar refractivity (Wildman–Crippen MR) is 105 cm³/mol. The van der Waals surface area contributed by atoms with Crippen molar-refractivity contribution in [3.8, 4) is 5.75 Å². The second-order valence-electron chi connectivity index (χ2n) is 6.07. The quantitative estimate of drug-likeness (QED) is 0.647. The maximum absolute atomic E-state index is 12.4. The molecule has 0 saturated heterocycles. The van der Waals surface area contributed by atoms with Crippen molar-refractivity contribution in [1.82, 2.24) is 14.9 Å². The fourth-order valence-corrected chi connectivity index (χ4v) is 2.67. The summed E-state index contributed by atoms with van der Waals surface area (Å²) in [6.45, 7) is -0.00142. The molecule has 0 aliphatic rings. The Morgan fingerprint density at radius 1 is 1.11 bits per heavy atom. The van der Waals surface area contributed by atoms with E-state index < -0.39 is 0 Å². The Morgan fingerprint density at radius 3 is 2.75 bits per heavy atom. The minimum atomic E-state index is -0.367. The fraction of sp³-hybridized carbons (Fsp3) is 0.200. The molecule has 0 radical (unpaired) electrons. The lowest BCUT2D eigenvalue weighted by Gasteiger charge is -2.09. The van der Waals surface area contributed by atoms with Gasteiger partial charge in [-0.25, -0.2) is 4.98 Å². The first-order valence-corrected chi connectivity index (χ1v) is 8.71. The number of hydrogen-bond donors (Lipinski definition) is 2. The molecule has 0 saturated carbocycles. The Morgan fingerprint density at radius 2 is 1.93 bits per heavy atom. The van der Waals surface area contributed by atoms with Crippen LogP contribution in [0, 0.1) is 0 Å². The molecule has 2 aromatic carbocycles. The summed E-state index contributed by atoms with van der Waals surface area (Å²) in [5.74, 6) is 0.0343. The Balaban J connectivity index is 1.50. The number of para-hydroxylation sites is 1. The second-order valence-corrected chi connectivity index (χ2v) is 6.07. The molecule has 2 amide bonds. The lowest BCUT2D eigenvalue weighted by molar-refractivity contribution is -0.121. The zero-order valence-electron chi connectivity index (χ0n) is 15.3. The van der Waals surface area contributed by atoms with E-state index in [4.69, 9.17) is 4.74 Å². The third-order valence-corrected chi connectivity index (χ3v) is 4.07. The number of fused-ring (bicyclic) bond motifs is 1. The Bertz CT molecular complexity index is 1060. The average molecular weight is 380 g/mol. The number of ether oxygens (including phenoxy) is 1. The number of anilines is 1. The third-order valence-electron chi connectivity index (χ3n) is 4.07. The van der Waals surface area contributed by atoms with Crippen LogP contribution in [0.25, 0.3) is 10.9 Å². The van der Waals surface area contributed by atoms with Gasteiger partial charge in [-0.1, -0.05) is 18.2 Å². The van der Waals surface area contributed by atoms with Crippen LogP contribution in [-0.2, 0) is 16.1 Å². The van der Waals surface area contributed by atoms with Crippen LogP contribution in [0.4, 0.5) is 5.69 Å². The van der Waals surface area contributed by atoms with E-state index in [1.165, 1.54) is 10.9 Å². The lowest BCUT2D eigenvalue weighted by atomic mass is 10.2. The SMILES string of the molecule is COc1cccc(NC(=O)CCNC(=O)Cn2cnc3ccccc3c2=O)c1. The standard InChI is InChI=1S/C20H20N4O4/c1-28-15-6-4-5-14(11-15)23-18(25)9-10-21-19(26)12-24-13-22-17-8-3-2-7-16(17)20(24)27/h2-8,11,13H,9-10,12H2,1H3,(H,21,26)(H,23,25).